The van der Waals surface area contributed by atoms with E-state index in [4.69, 9.17) is 0 Å². The molecule has 0 aliphatic carbocycles. The van der Waals surface area contributed by atoms with Crippen molar-refractivity contribution in [3.8, 4) is 5.95 Å². The molecule has 1 amide bonds. The van der Waals surface area contributed by atoms with E-state index >= 15 is 0 Å². The summed E-state index contributed by atoms with van der Waals surface area (Å²) in [6, 6.07) is 17.8. The van der Waals surface area contributed by atoms with Crippen LogP contribution in [0.2, 0.25) is 0 Å². The molecule has 1 saturated heterocycles. The van der Waals surface area contributed by atoms with Crippen molar-refractivity contribution in [1.29, 1.82) is 0 Å². The maximum Gasteiger partial charge on any atom is 0.277 e. The number of amides is 1. The lowest BCUT2D eigenvalue weighted by Crippen LogP contribution is -2.39. The van der Waals surface area contributed by atoms with Gasteiger partial charge >= 0.3 is 0 Å². The molecule has 1 fully saturated rings. The molecule has 0 atom stereocenters. The van der Waals surface area contributed by atoms with Gasteiger partial charge in [0.2, 0.25) is 11.9 Å². The number of aryl methyl sites for hydroxylation is 1. The molecule has 0 radical (unpaired) electrons. The second-order valence-corrected chi connectivity index (χ2v) is 10.0. The average Bonchev–Trinajstić information content (AvgIpc) is 3.54. The zero-order valence-corrected chi connectivity index (χ0v) is 21.4. The van der Waals surface area contributed by atoms with Crippen molar-refractivity contribution in [3.05, 3.63) is 112 Å². The summed E-state index contributed by atoms with van der Waals surface area (Å²) in [6.45, 7) is 1.26. The molecule has 4 heterocycles. The molecule has 1 aliphatic rings. The van der Waals surface area contributed by atoms with Gasteiger partial charge in [0.05, 0.1) is 17.5 Å². The first-order valence-electron chi connectivity index (χ1n) is 13.2. The Morgan fingerprint density at radius 1 is 0.949 bits per heavy atom. The Balaban J connectivity index is 1.25. The molecule has 8 nitrogen and oxygen atoms in total. The molecule has 0 saturated carbocycles. The number of aromatic nitrogens is 5. The standard InChI is InChI=1S/C30H29FN6O2/c31-23-8-5-20(6-9-23)7-10-24-28(35-37(29(24)39)30-33-25-3-1-2-4-26(25)34-30)22-13-17-36(18-14-22)27(38)19-21-11-15-32-16-12-21/h1-6,8-9,11-12,15-16,22,35H,7,10,13-14,17-19H2,(H,33,34). The number of imidazole rings is 1. The lowest BCUT2D eigenvalue weighted by atomic mass is 9.89. The highest BCUT2D eigenvalue weighted by Crippen LogP contribution is 2.30. The number of carbonyl (C=O) groups excluding carboxylic acids is 1. The molecule has 1 aliphatic heterocycles. The Bertz CT molecular complexity index is 1610. The zero-order valence-electron chi connectivity index (χ0n) is 21.4. The number of pyridine rings is 1. The van der Waals surface area contributed by atoms with Crippen molar-refractivity contribution >= 4 is 16.9 Å². The molecule has 0 unspecified atom stereocenters. The largest absolute Gasteiger partial charge is 0.342 e. The van der Waals surface area contributed by atoms with Crippen LogP contribution in [-0.2, 0) is 24.1 Å². The van der Waals surface area contributed by atoms with E-state index in [0.29, 0.717) is 43.9 Å². The number of piperidine rings is 1. The van der Waals surface area contributed by atoms with Crippen molar-refractivity contribution in [1.82, 2.24) is 29.6 Å². The molecule has 5 aromatic rings. The topological polar surface area (TPSA) is 99.7 Å². The first-order valence-corrected chi connectivity index (χ1v) is 13.2. The number of hydrogen-bond acceptors (Lipinski definition) is 4. The quantitative estimate of drug-likeness (QED) is 0.331. The van der Waals surface area contributed by atoms with E-state index < -0.39 is 0 Å². The van der Waals surface area contributed by atoms with Gasteiger partial charge in [-0.05, 0) is 73.2 Å². The van der Waals surface area contributed by atoms with Crippen LogP contribution in [0.25, 0.3) is 17.0 Å². The van der Waals surface area contributed by atoms with Crippen molar-refractivity contribution in [2.24, 2.45) is 0 Å². The van der Waals surface area contributed by atoms with Gasteiger partial charge in [-0.15, -0.1) is 0 Å². The van der Waals surface area contributed by atoms with Crippen molar-refractivity contribution in [2.75, 3.05) is 13.1 Å². The maximum atomic E-state index is 13.7. The minimum atomic E-state index is -0.279. The van der Waals surface area contributed by atoms with Crippen LogP contribution in [0.5, 0.6) is 0 Å². The molecule has 6 rings (SSSR count). The summed E-state index contributed by atoms with van der Waals surface area (Å²) < 4.78 is 14.9. The fourth-order valence-electron chi connectivity index (χ4n) is 5.39. The van der Waals surface area contributed by atoms with Gasteiger partial charge in [-0.3, -0.25) is 19.7 Å². The van der Waals surface area contributed by atoms with Crippen LogP contribution in [0.1, 0.15) is 41.1 Å². The Morgan fingerprint density at radius 3 is 2.44 bits per heavy atom. The summed E-state index contributed by atoms with van der Waals surface area (Å²) in [6.07, 6.45) is 6.40. The number of aromatic amines is 2. The van der Waals surface area contributed by atoms with E-state index in [2.05, 4.69) is 20.1 Å². The number of nitrogens with zero attached hydrogens (tertiary/aromatic N) is 4. The molecule has 2 N–H and O–H groups in total. The third-order valence-corrected chi connectivity index (χ3v) is 7.54. The van der Waals surface area contributed by atoms with Crippen LogP contribution >= 0.6 is 0 Å². The fourth-order valence-corrected chi connectivity index (χ4v) is 5.39. The van der Waals surface area contributed by atoms with Gasteiger partial charge in [0.25, 0.3) is 5.56 Å². The number of likely N-dealkylation sites (tertiary alicyclic amines) is 1. The number of halogens is 1. The van der Waals surface area contributed by atoms with Gasteiger partial charge in [0.1, 0.15) is 5.82 Å². The number of para-hydroxylation sites is 2. The van der Waals surface area contributed by atoms with Crippen LogP contribution in [0, 0.1) is 5.82 Å². The van der Waals surface area contributed by atoms with E-state index in [1.807, 2.05) is 41.3 Å². The first-order chi connectivity index (χ1) is 19.0. The lowest BCUT2D eigenvalue weighted by molar-refractivity contribution is -0.131. The molecule has 2 aromatic carbocycles. The predicted octanol–water partition coefficient (Wildman–Crippen LogP) is 4.31. The number of hydrogen-bond donors (Lipinski definition) is 2. The van der Waals surface area contributed by atoms with Crippen LogP contribution in [0.15, 0.2) is 77.9 Å². The Morgan fingerprint density at radius 2 is 1.69 bits per heavy atom. The van der Waals surface area contributed by atoms with Gasteiger partial charge < -0.3 is 9.88 Å². The van der Waals surface area contributed by atoms with Crippen LogP contribution in [0.3, 0.4) is 0 Å². The highest BCUT2D eigenvalue weighted by atomic mass is 19.1. The van der Waals surface area contributed by atoms with Gasteiger partial charge in [0, 0.05) is 42.7 Å². The van der Waals surface area contributed by atoms with E-state index in [1.54, 1.807) is 24.5 Å². The van der Waals surface area contributed by atoms with Gasteiger partial charge in [-0.2, -0.15) is 4.68 Å². The summed E-state index contributed by atoms with van der Waals surface area (Å²) >= 11 is 0. The minimum absolute atomic E-state index is 0.101. The summed E-state index contributed by atoms with van der Waals surface area (Å²) in [5.41, 5.74) is 5.02. The predicted molar refractivity (Wildman–Crippen MR) is 146 cm³/mol. The van der Waals surface area contributed by atoms with E-state index in [1.165, 1.54) is 16.8 Å². The van der Waals surface area contributed by atoms with Crippen LogP contribution in [0.4, 0.5) is 4.39 Å². The number of rotatable bonds is 7. The normalized spacial score (nSPS) is 14.2. The summed E-state index contributed by atoms with van der Waals surface area (Å²) in [4.78, 5) is 40.4. The smallest absolute Gasteiger partial charge is 0.277 e. The Labute approximate surface area is 224 Å². The number of carbonyl (C=O) groups is 1. The van der Waals surface area contributed by atoms with E-state index in [0.717, 1.165) is 40.7 Å². The molecule has 3 aromatic heterocycles. The maximum absolute atomic E-state index is 13.7. The number of nitrogens with one attached hydrogen (secondary N) is 2. The fraction of sp³-hybridized carbons (Fsp3) is 0.267. The summed E-state index contributed by atoms with van der Waals surface area (Å²) in [5.74, 6) is 0.375. The monoisotopic (exact) mass is 524 g/mol. The molecular formula is C30H29FN6O2. The molecular weight excluding hydrogens is 495 g/mol. The number of benzene rings is 2. The zero-order chi connectivity index (χ0) is 26.8. The second kappa shape index (κ2) is 10.7. The average molecular weight is 525 g/mol. The van der Waals surface area contributed by atoms with Crippen LogP contribution < -0.4 is 5.56 Å². The SMILES string of the molecule is O=C(Cc1ccncc1)N1CCC(c2[nH]n(-c3nc4ccccc4[nH]3)c(=O)c2CCc2ccc(F)cc2)CC1. The molecule has 0 bridgehead atoms. The second-order valence-electron chi connectivity index (χ2n) is 10.0. The summed E-state index contributed by atoms with van der Waals surface area (Å²) in [5, 5.41) is 3.37. The molecule has 39 heavy (non-hydrogen) atoms. The van der Waals surface area contributed by atoms with Gasteiger partial charge in [0.15, 0.2) is 0 Å². The number of H-pyrrole nitrogens is 2. The molecule has 9 heteroatoms. The molecule has 198 valence electrons. The van der Waals surface area contributed by atoms with E-state index in [9.17, 15) is 14.0 Å². The molecule has 0 spiro atoms. The lowest BCUT2D eigenvalue weighted by Gasteiger charge is -2.32. The third-order valence-electron chi connectivity index (χ3n) is 7.54. The highest BCUT2D eigenvalue weighted by Gasteiger charge is 2.29. The van der Waals surface area contributed by atoms with Crippen molar-refractivity contribution < 1.29 is 9.18 Å². The van der Waals surface area contributed by atoms with Gasteiger partial charge in [-0.25, -0.2) is 9.37 Å². The van der Waals surface area contributed by atoms with Crippen LogP contribution in [-0.4, -0.2) is 48.6 Å². The Kier molecular flexibility index (Phi) is 6.79. The summed E-state index contributed by atoms with van der Waals surface area (Å²) in [7, 11) is 0. The van der Waals surface area contributed by atoms with E-state index in [-0.39, 0.29) is 23.2 Å². The highest BCUT2D eigenvalue weighted by molar-refractivity contribution is 5.79. The van der Waals surface area contributed by atoms with Crippen molar-refractivity contribution in [3.63, 3.8) is 0 Å². The first kappa shape index (κ1) is 24.8. The Hall–Kier alpha value is -4.53. The minimum Gasteiger partial charge on any atom is -0.342 e. The van der Waals surface area contributed by atoms with Gasteiger partial charge in [-0.1, -0.05) is 24.3 Å². The number of fused-ring (bicyclic) bond motifs is 1. The van der Waals surface area contributed by atoms with Crippen molar-refractivity contribution in [2.45, 2.75) is 38.0 Å². The third kappa shape index (κ3) is 5.25.